The fourth-order valence-corrected chi connectivity index (χ4v) is 1.51. The van der Waals surface area contributed by atoms with Crippen molar-refractivity contribution in [3.05, 3.63) is 28.8 Å². The average Bonchev–Trinajstić information content (AvgIpc) is 2.11. The molecule has 1 rings (SSSR count). The van der Waals surface area contributed by atoms with Crippen molar-refractivity contribution in [2.45, 2.75) is 26.4 Å². The summed E-state index contributed by atoms with van der Waals surface area (Å²) in [6, 6.07) is 5.75. The minimum absolute atomic E-state index is 0.131. The normalized spacial score (nSPS) is 10.6. The van der Waals surface area contributed by atoms with Crippen LogP contribution in [0.2, 0.25) is 5.02 Å². The summed E-state index contributed by atoms with van der Waals surface area (Å²) in [7, 11) is 0. The molecule has 0 fully saturated rings. The Morgan fingerprint density at radius 1 is 1.43 bits per heavy atom. The Labute approximate surface area is 90.0 Å². The van der Waals surface area contributed by atoms with Gasteiger partial charge in [-0.15, -0.1) is 0 Å². The van der Waals surface area contributed by atoms with Gasteiger partial charge in [-0.1, -0.05) is 23.7 Å². The van der Waals surface area contributed by atoms with E-state index in [0.29, 0.717) is 11.6 Å². The monoisotopic (exact) mass is 213 g/mol. The summed E-state index contributed by atoms with van der Waals surface area (Å²) >= 11 is 6.04. The third kappa shape index (κ3) is 2.89. The lowest BCUT2D eigenvalue weighted by molar-refractivity contribution is 0.240. The van der Waals surface area contributed by atoms with Crippen LogP contribution < -0.4 is 10.5 Å². The lowest BCUT2D eigenvalue weighted by Gasteiger charge is -2.15. The molecule has 0 unspecified atom stereocenters. The molecule has 0 heterocycles. The number of hydrogen-bond acceptors (Lipinski definition) is 2. The first-order valence-corrected chi connectivity index (χ1v) is 5.17. The number of rotatable bonds is 4. The second kappa shape index (κ2) is 5.23. The fraction of sp³-hybridized carbons (Fsp3) is 0.455. The summed E-state index contributed by atoms with van der Waals surface area (Å²) < 4.78 is 5.64. The standard InChI is InChI=1S/C11H16ClNO/c1-8(2)14-11-9(6-7-13)4-3-5-10(11)12/h3-5,8H,6-7,13H2,1-2H3. The van der Waals surface area contributed by atoms with Crippen LogP contribution >= 0.6 is 11.6 Å². The minimum Gasteiger partial charge on any atom is -0.489 e. The molecule has 1 aromatic carbocycles. The van der Waals surface area contributed by atoms with E-state index in [2.05, 4.69) is 0 Å². The molecule has 2 nitrogen and oxygen atoms in total. The molecular weight excluding hydrogens is 198 g/mol. The zero-order valence-electron chi connectivity index (χ0n) is 8.59. The van der Waals surface area contributed by atoms with E-state index < -0.39 is 0 Å². The Hall–Kier alpha value is -0.730. The predicted octanol–water partition coefficient (Wildman–Crippen LogP) is 2.63. The number of nitrogens with two attached hydrogens (primary N) is 1. The molecule has 2 N–H and O–H groups in total. The highest BCUT2D eigenvalue weighted by Gasteiger charge is 2.08. The largest absolute Gasteiger partial charge is 0.489 e. The summed E-state index contributed by atoms with van der Waals surface area (Å²) in [6.45, 7) is 4.57. The quantitative estimate of drug-likeness (QED) is 0.835. The van der Waals surface area contributed by atoms with E-state index in [1.54, 1.807) is 0 Å². The molecule has 78 valence electrons. The molecule has 0 atom stereocenters. The van der Waals surface area contributed by atoms with E-state index in [1.165, 1.54) is 0 Å². The number of halogens is 1. The Bertz CT molecular complexity index is 299. The van der Waals surface area contributed by atoms with Gasteiger partial charge in [0.1, 0.15) is 5.75 Å². The van der Waals surface area contributed by atoms with Gasteiger partial charge < -0.3 is 10.5 Å². The van der Waals surface area contributed by atoms with Crippen LogP contribution in [0, 0.1) is 0 Å². The van der Waals surface area contributed by atoms with Gasteiger partial charge in [-0.3, -0.25) is 0 Å². The van der Waals surface area contributed by atoms with E-state index in [4.69, 9.17) is 22.1 Å². The number of hydrogen-bond donors (Lipinski definition) is 1. The first-order valence-electron chi connectivity index (χ1n) is 4.79. The Kier molecular flexibility index (Phi) is 4.23. The summed E-state index contributed by atoms with van der Waals surface area (Å²) in [5.41, 5.74) is 6.59. The molecule has 14 heavy (non-hydrogen) atoms. The van der Waals surface area contributed by atoms with E-state index in [1.807, 2.05) is 32.0 Å². The number of benzene rings is 1. The molecule has 0 aliphatic heterocycles. The molecule has 0 bridgehead atoms. The molecule has 0 aliphatic rings. The van der Waals surface area contributed by atoms with Gasteiger partial charge in [0.15, 0.2) is 0 Å². The van der Waals surface area contributed by atoms with Gasteiger partial charge >= 0.3 is 0 Å². The van der Waals surface area contributed by atoms with Crippen LogP contribution in [0.25, 0.3) is 0 Å². The highest BCUT2D eigenvalue weighted by Crippen LogP contribution is 2.29. The first kappa shape index (κ1) is 11.3. The molecule has 0 saturated carbocycles. The molecular formula is C11H16ClNO. The van der Waals surface area contributed by atoms with Crippen molar-refractivity contribution in [1.29, 1.82) is 0 Å². The van der Waals surface area contributed by atoms with Crippen LogP contribution in [0.1, 0.15) is 19.4 Å². The van der Waals surface area contributed by atoms with Crippen molar-refractivity contribution in [1.82, 2.24) is 0 Å². The van der Waals surface area contributed by atoms with Crippen LogP contribution in [0.15, 0.2) is 18.2 Å². The van der Waals surface area contributed by atoms with Crippen molar-refractivity contribution < 1.29 is 4.74 Å². The average molecular weight is 214 g/mol. The zero-order valence-corrected chi connectivity index (χ0v) is 9.34. The van der Waals surface area contributed by atoms with Crippen LogP contribution in [0.5, 0.6) is 5.75 Å². The molecule has 0 spiro atoms. The lowest BCUT2D eigenvalue weighted by atomic mass is 10.1. The van der Waals surface area contributed by atoms with E-state index in [-0.39, 0.29) is 6.10 Å². The van der Waals surface area contributed by atoms with Gasteiger partial charge in [-0.2, -0.15) is 0 Å². The Morgan fingerprint density at radius 3 is 2.71 bits per heavy atom. The fourth-order valence-electron chi connectivity index (χ4n) is 1.27. The SMILES string of the molecule is CC(C)Oc1c(Cl)cccc1CCN. The van der Waals surface area contributed by atoms with Crippen molar-refractivity contribution in [2.75, 3.05) is 6.54 Å². The van der Waals surface area contributed by atoms with Crippen molar-refractivity contribution in [3.8, 4) is 5.75 Å². The van der Waals surface area contributed by atoms with Crippen LogP contribution in [-0.4, -0.2) is 12.6 Å². The van der Waals surface area contributed by atoms with Crippen molar-refractivity contribution >= 4 is 11.6 Å². The summed E-state index contributed by atoms with van der Waals surface area (Å²) in [6.07, 6.45) is 0.925. The number of para-hydroxylation sites is 1. The van der Waals surface area contributed by atoms with Gasteiger partial charge in [0, 0.05) is 0 Å². The van der Waals surface area contributed by atoms with Gasteiger partial charge in [0.05, 0.1) is 11.1 Å². The molecule has 0 saturated heterocycles. The zero-order chi connectivity index (χ0) is 10.6. The van der Waals surface area contributed by atoms with E-state index in [0.717, 1.165) is 17.7 Å². The maximum Gasteiger partial charge on any atom is 0.141 e. The summed E-state index contributed by atoms with van der Waals surface area (Å²) in [5.74, 6) is 0.773. The minimum atomic E-state index is 0.131. The van der Waals surface area contributed by atoms with Gasteiger partial charge in [0.25, 0.3) is 0 Å². The second-order valence-electron chi connectivity index (χ2n) is 3.43. The lowest BCUT2D eigenvalue weighted by Crippen LogP contribution is -2.10. The molecule has 0 amide bonds. The second-order valence-corrected chi connectivity index (χ2v) is 3.84. The third-order valence-corrected chi connectivity index (χ3v) is 2.11. The third-order valence-electron chi connectivity index (χ3n) is 1.82. The summed E-state index contributed by atoms with van der Waals surface area (Å²) in [4.78, 5) is 0. The summed E-state index contributed by atoms with van der Waals surface area (Å²) in [5, 5.41) is 0.657. The van der Waals surface area contributed by atoms with E-state index >= 15 is 0 Å². The predicted molar refractivity (Wildman–Crippen MR) is 60.0 cm³/mol. The smallest absolute Gasteiger partial charge is 0.141 e. The van der Waals surface area contributed by atoms with Crippen molar-refractivity contribution in [2.24, 2.45) is 5.73 Å². The maximum absolute atomic E-state index is 6.04. The van der Waals surface area contributed by atoms with Crippen molar-refractivity contribution in [3.63, 3.8) is 0 Å². The Morgan fingerprint density at radius 2 is 2.14 bits per heavy atom. The van der Waals surface area contributed by atoms with Gasteiger partial charge in [-0.05, 0) is 38.4 Å². The van der Waals surface area contributed by atoms with Crippen LogP contribution in [0.3, 0.4) is 0 Å². The maximum atomic E-state index is 6.04. The van der Waals surface area contributed by atoms with Gasteiger partial charge in [0.2, 0.25) is 0 Å². The van der Waals surface area contributed by atoms with E-state index in [9.17, 15) is 0 Å². The molecule has 1 aromatic rings. The molecule has 0 aliphatic carbocycles. The topological polar surface area (TPSA) is 35.2 Å². The first-order chi connectivity index (χ1) is 6.65. The molecule has 0 aromatic heterocycles. The number of ether oxygens (including phenoxy) is 1. The highest BCUT2D eigenvalue weighted by molar-refractivity contribution is 6.32. The molecule has 0 radical (unpaired) electrons. The molecule has 3 heteroatoms. The van der Waals surface area contributed by atoms with Gasteiger partial charge in [-0.25, -0.2) is 0 Å². The van der Waals surface area contributed by atoms with Crippen LogP contribution in [0.4, 0.5) is 0 Å². The Balaban J connectivity index is 2.96. The highest BCUT2D eigenvalue weighted by atomic mass is 35.5. The van der Waals surface area contributed by atoms with Crippen LogP contribution in [-0.2, 0) is 6.42 Å².